The van der Waals surface area contributed by atoms with Crippen molar-refractivity contribution in [2.45, 2.75) is 26.9 Å². The topological polar surface area (TPSA) is 177 Å². The van der Waals surface area contributed by atoms with Crippen molar-refractivity contribution >= 4 is 29.0 Å². The number of nitro benzene ring substituents is 2. The van der Waals surface area contributed by atoms with E-state index in [9.17, 15) is 38.6 Å². The fourth-order valence-electron chi connectivity index (χ4n) is 3.58. The molecule has 0 spiro atoms. The van der Waals surface area contributed by atoms with Crippen LogP contribution in [0.15, 0.2) is 97.1 Å². The predicted molar refractivity (Wildman–Crippen MR) is 173 cm³/mol. The van der Waals surface area contributed by atoms with Gasteiger partial charge in [0.25, 0.3) is 5.69 Å². The number of alkyl halides is 1. The predicted octanol–water partition coefficient (Wildman–Crippen LogP) is 7.03. The first kappa shape index (κ1) is 35.7. The van der Waals surface area contributed by atoms with Crippen molar-refractivity contribution in [3.63, 3.8) is 0 Å². The zero-order valence-electron chi connectivity index (χ0n) is 27.6. The minimum atomic E-state index is -2.17. The van der Waals surface area contributed by atoms with Crippen LogP contribution < -0.4 is 11.1 Å². The third kappa shape index (κ3) is 13.8. The second kappa shape index (κ2) is 21.9. The minimum Gasteiger partial charge on any atom is -0.462 e. The number of anilines is 1. The smallest absolute Gasteiger partial charge is 0.338 e. The molecule has 0 radical (unpaired) electrons. The Morgan fingerprint density at radius 3 is 1.64 bits per heavy atom. The van der Waals surface area contributed by atoms with Crippen LogP contribution in [0.1, 0.15) is 48.4 Å². The Hall–Kier alpha value is -5.76. The first-order chi connectivity index (χ1) is 23.3. The van der Waals surface area contributed by atoms with Crippen LogP contribution in [0.5, 0.6) is 0 Å². The fraction of sp³-hybridized carbons (Fsp3) is 0.212. The highest BCUT2D eigenvalue weighted by Crippen LogP contribution is 2.26. The van der Waals surface area contributed by atoms with E-state index in [0.717, 1.165) is 23.8 Å². The van der Waals surface area contributed by atoms with Crippen molar-refractivity contribution < 1.29 is 40.4 Å². The van der Waals surface area contributed by atoms with Crippen molar-refractivity contribution in [1.29, 1.82) is 0 Å². The molecule has 0 atom stereocenters. The molecule has 12 nitrogen and oxygen atoms in total. The van der Waals surface area contributed by atoms with Crippen molar-refractivity contribution in [3.05, 3.63) is 145 Å². The van der Waals surface area contributed by atoms with Crippen LogP contribution in [-0.4, -0.2) is 42.1 Å². The highest BCUT2D eigenvalue weighted by Gasteiger charge is 2.18. The van der Waals surface area contributed by atoms with Crippen molar-refractivity contribution in [1.82, 2.24) is 0 Å². The second-order valence-corrected chi connectivity index (χ2v) is 8.88. The standard InChI is InChI=1S/C16H16N2O4.C9H8FNO4.C7H9N.CH3F/c1-2-22-16(19)13-8-9-15(18(20)21)14(10-13)17-11-12-6-4-3-5-7-12;1-2-15-9(12)6-3-4-8(11(13)14)7(10)5-6;8-6-7-4-2-1-3-5-7;1-2/h3-10,17H,2,11H2,1H3;3-5H,2H2,1H3;1-5H,6,8H2;1H3/i;;;1D2. The number of hydrogen-bond acceptors (Lipinski definition) is 10. The largest absolute Gasteiger partial charge is 0.462 e. The number of carbonyl (C=O) groups excluding carboxylic acids is 2. The summed E-state index contributed by atoms with van der Waals surface area (Å²) in [4.78, 5) is 42.9. The van der Waals surface area contributed by atoms with Crippen LogP contribution in [0.4, 0.5) is 25.8 Å². The van der Waals surface area contributed by atoms with E-state index in [1.54, 1.807) is 13.8 Å². The maximum Gasteiger partial charge on any atom is 0.338 e. The number of rotatable bonds is 10. The molecule has 0 saturated heterocycles. The monoisotopic (exact) mass is 656 g/mol. The minimum absolute atomic E-state index is 0.0417. The summed E-state index contributed by atoms with van der Waals surface area (Å²) >= 11 is 0. The fourth-order valence-corrected chi connectivity index (χ4v) is 3.58. The third-order valence-electron chi connectivity index (χ3n) is 5.76. The molecule has 0 aliphatic rings. The Kier molecular flexibility index (Phi) is 16.6. The summed E-state index contributed by atoms with van der Waals surface area (Å²) in [6.45, 7) is 4.80. The van der Waals surface area contributed by atoms with Crippen molar-refractivity contribution in [3.8, 4) is 0 Å². The van der Waals surface area contributed by atoms with Gasteiger partial charge in [-0.3, -0.25) is 24.6 Å². The van der Waals surface area contributed by atoms with Crippen LogP contribution >= 0.6 is 0 Å². The van der Waals surface area contributed by atoms with E-state index in [-0.39, 0.29) is 30.0 Å². The lowest BCUT2D eigenvalue weighted by Gasteiger charge is -2.09. The molecule has 0 unspecified atom stereocenters. The second-order valence-electron chi connectivity index (χ2n) is 8.88. The molecule has 4 rings (SSSR count). The number of nitrogens with one attached hydrogen (secondary N) is 1. The first-order valence-corrected chi connectivity index (χ1v) is 13.9. The molecule has 0 fully saturated rings. The van der Waals surface area contributed by atoms with Gasteiger partial charge in [0.15, 0.2) is 0 Å². The van der Waals surface area contributed by atoms with Gasteiger partial charge in [0, 0.05) is 25.2 Å². The third-order valence-corrected chi connectivity index (χ3v) is 5.76. The lowest BCUT2D eigenvalue weighted by Crippen LogP contribution is -2.08. The van der Waals surface area contributed by atoms with Crippen LogP contribution in [0.25, 0.3) is 0 Å². The molecule has 0 saturated carbocycles. The molecule has 0 heterocycles. The Morgan fingerprint density at radius 1 is 0.787 bits per heavy atom. The number of nitro groups is 2. The molecular weight excluding hydrogens is 618 g/mol. The summed E-state index contributed by atoms with van der Waals surface area (Å²) in [7, 11) is -2.17. The van der Waals surface area contributed by atoms with Gasteiger partial charge < -0.3 is 20.5 Å². The number of ether oxygens (including phenoxy) is 2. The van der Waals surface area contributed by atoms with Gasteiger partial charge in [-0.05, 0) is 49.2 Å². The zero-order valence-corrected chi connectivity index (χ0v) is 25.6. The summed E-state index contributed by atoms with van der Waals surface area (Å²) in [6, 6.07) is 26.5. The molecule has 14 heteroatoms. The molecule has 0 bridgehead atoms. The lowest BCUT2D eigenvalue weighted by atomic mass is 10.1. The Bertz CT molecular complexity index is 1630. The molecule has 4 aromatic rings. The number of hydrogen-bond donors (Lipinski definition) is 2. The van der Waals surface area contributed by atoms with E-state index in [1.807, 2.05) is 60.7 Å². The van der Waals surface area contributed by atoms with Gasteiger partial charge in [-0.25, -0.2) is 9.59 Å². The van der Waals surface area contributed by atoms with E-state index >= 15 is 0 Å². The van der Waals surface area contributed by atoms with E-state index in [4.69, 9.17) is 13.2 Å². The van der Waals surface area contributed by atoms with E-state index < -0.39 is 40.4 Å². The average Bonchev–Trinajstić information content (AvgIpc) is 3.08. The van der Waals surface area contributed by atoms with E-state index in [1.165, 1.54) is 23.8 Å². The highest BCUT2D eigenvalue weighted by molar-refractivity contribution is 5.91. The van der Waals surface area contributed by atoms with Gasteiger partial charge >= 0.3 is 17.6 Å². The van der Waals surface area contributed by atoms with E-state index in [0.29, 0.717) is 18.8 Å². The molecular formula is C33H36F2N4O8. The molecule has 47 heavy (non-hydrogen) atoms. The number of esters is 2. The summed E-state index contributed by atoms with van der Waals surface area (Å²) in [6.07, 6.45) is 0. The SMILES string of the molecule is CCOC(=O)c1ccc([N+](=O)[O-])c(F)c1.CCOC(=O)c1ccc([N+](=O)[O-])c(NCc2ccccc2)c1.NCc1ccccc1.[2H]C([2H])F. The molecule has 0 aliphatic heterocycles. The number of halogens is 2. The molecule has 3 N–H and O–H groups in total. The van der Waals surface area contributed by atoms with Gasteiger partial charge in [-0.2, -0.15) is 4.39 Å². The number of nitrogens with two attached hydrogens (primary N) is 1. The van der Waals surface area contributed by atoms with Crippen molar-refractivity contribution in [2.75, 3.05) is 25.7 Å². The maximum absolute atomic E-state index is 13.1. The number of carbonyl (C=O) groups is 2. The van der Waals surface area contributed by atoms with Gasteiger partial charge in [0.1, 0.15) is 5.69 Å². The Balaban J connectivity index is 0.000000381. The molecule has 0 amide bonds. The highest BCUT2D eigenvalue weighted by atomic mass is 19.1. The zero-order chi connectivity index (χ0) is 36.8. The average molecular weight is 657 g/mol. The summed E-state index contributed by atoms with van der Waals surface area (Å²) in [5, 5.41) is 24.4. The van der Waals surface area contributed by atoms with Crippen molar-refractivity contribution in [2.24, 2.45) is 5.73 Å². The molecule has 4 aromatic carbocycles. The lowest BCUT2D eigenvalue weighted by molar-refractivity contribution is -0.387. The molecule has 0 aromatic heterocycles. The normalized spacial score (nSPS) is 10.2. The van der Waals surface area contributed by atoms with E-state index in [2.05, 4.69) is 10.1 Å². The van der Waals surface area contributed by atoms with Gasteiger partial charge in [-0.1, -0.05) is 60.7 Å². The van der Waals surface area contributed by atoms with Crippen LogP contribution in [0.3, 0.4) is 0 Å². The van der Waals surface area contributed by atoms with Gasteiger partial charge in [0.2, 0.25) is 5.82 Å². The van der Waals surface area contributed by atoms with Gasteiger partial charge in [-0.15, -0.1) is 0 Å². The summed E-state index contributed by atoms with van der Waals surface area (Å²) < 4.78 is 44.1. The number of benzene rings is 4. The first-order valence-electron chi connectivity index (χ1n) is 15.1. The Morgan fingerprint density at radius 2 is 1.23 bits per heavy atom. The molecule has 250 valence electrons. The van der Waals surface area contributed by atoms with Gasteiger partial charge in [0.05, 0.1) is 44.1 Å². The van der Waals surface area contributed by atoms with Crippen LogP contribution in [-0.2, 0) is 22.6 Å². The van der Waals surface area contributed by atoms with Crippen LogP contribution in [0, 0.1) is 26.0 Å². The Labute approximate surface area is 273 Å². The number of nitrogens with zero attached hydrogens (tertiary/aromatic N) is 2. The van der Waals surface area contributed by atoms with Crippen LogP contribution in [0.2, 0.25) is 0 Å². The maximum atomic E-state index is 13.1. The quantitative estimate of drug-likeness (QED) is 0.102. The summed E-state index contributed by atoms with van der Waals surface area (Å²) in [5.41, 5.74) is 7.31. The molecule has 0 aliphatic carbocycles. The summed E-state index contributed by atoms with van der Waals surface area (Å²) in [5.74, 6) is -2.25.